The summed E-state index contributed by atoms with van der Waals surface area (Å²) in [5.74, 6) is -4.32. The largest absolute Gasteiger partial charge is 0.495 e. The topological polar surface area (TPSA) is 305 Å². The Morgan fingerprint density at radius 2 is 0.864 bits per heavy atom. The highest BCUT2D eigenvalue weighted by Crippen LogP contribution is 2.79. The zero-order valence-corrected chi connectivity index (χ0v) is 85.8. The molecule has 9 saturated carbocycles. The molecule has 7 N–H and O–H groups in total. The molecule has 0 radical (unpaired) electrons. The second kappa shape index (κ2) is 37.8. The van der Waals surface area contributed by atoms with Crippen LogP contribution in [0.3, 0.4) is 0 Å². The number of hydrogen-bond acceptors (Lipinski definition) is 22. The van der Waals surface area contributed by atoms with Crippen LogP contribution in [0.25, 0.3) is 0 Å². The van der Waals surface area contributed by atoms with Gasteiger partial charge in [-0.05, 0) is 260 Å². The first-order valence-electron chi connectivity index (χ1n) is 51.5. The van der Waals surface area contributed by atoms with Crippen molar-refractivity contribution in [1.82, 2.24) is 0 Å². The number of alkyl halides is 7. The van der Waals surface area contributed by atoms with Gasteiger partial charge in [0, 0.05) is 92.5 Å². The van der Waals surface area contributed by atoms with Crippen LogP contribution < -0.4 is 24.4 Å². The Morgan fingerprint density at radius 3 is 1.32 bits per heavy atom. The van der Waals surface area contributed by atoms with Crippen molar-refractivity contribution < 1.29 is 128 Å². The highest BCUT2D eigenvalue weighted by atomic mass is 19.2. The molecule has 0 bridgehead atoms. The van der Waals surface area contributed by atoms with Crippen molar-refractivity contribution in [2.75, 3.05) is 51.3 Å². The van der Waals surface area contributed by atoms with E-state index in [0.717, 1.165) is 69.8 Å². The van der Waals surface area contributed by atoms with Gasteiger partial charge in [-0.15, -0.1) is 0 Å². The summed E-state index contributed by atoms with van der Waals surface area (Å²) in [4.78, 5) is 67.9. The van der Waals surface area contributed by atoms with Gasteiger partial charge in [-0.2, -0.15) is 0 Å². The van der Waals surface area contributed by atoms with Gasteiger partial charge < -0.3 is 83.5 Å². The monoisotopic (exact) mass is 2030 g/mol. The number of nitrogens with zero attached hydrogens (tertiary/aromatic N) is 1. The van der Waals surface area contributed by atoms with Crippen molar-refractivity contribution >= 4 is 40.3 Å². The van der Waals surface area contributed by atoms with Crippen LogP contribution in [0.4, 0.5) is 42.1 Å². The Morgan fingerprint density at radius 1 is 0.469 bits per heavy atom. The summed E-state index contributed by atoms with van der Waals surface area (Å²) in [7, 11) is 5.30. The van der Waals surface area contributed by atoms with Crippen molar-refractivity contribution in [2.45, 2.75) is 286 Å². The summed E-state index contributed by atoms with van der Waals surface area (Å²) in [5, 5.41) is 69.2. The van der Waals surface area contributed by atoms with Gasteiger partial charge >= 0.3 is 0 Å². The molecule has 30 atom stereocenters. The average molecular weight is 2030 g/mol. The fourth-order valence-corrected chi connectivity index (χ4v) is 29.9. The molecule has 21 rings (SSSR count). The fraction of sp³-hybridized carbons (Fsp3) is 0.534. The quantitative estimate of drug-likeness (QED) is 0.0293. The lowest BCUT2D eigenvalue weighted by Gasteiger charge is -2.64. The Bertz CT molecular complexity index is 6370. The van der Waals surface area contributed by atoms with Crippen LogP contribution in [-0.2, 0) is 71.7 Å². The number of aliphatic hydroxyl groups is 6. The maximum absolute atomic E-state index is 18.1. The van der Waals surface area contributed by atoms with Gasteiger partial charge in [-0.3, -0.25) is 24.0 Å². The van der Waals surface area contributed by atoms with E-state index in [-0.39, 0.29) is 61.3 Å². The van der Waals surface area contributed by atoms with Crippen LogP contribution in [-0.4, -0.2) is 207 Å². The number of fused-ring (bicyclic) bond motifs is 21. The summed E-state index contributed by atoms with van der Waals surface area (Å²) in [6, 6.07) is 43.0. The molecule has 6 aromatic carbocycles. The first-order chi connectivity index (χ1) is 69.5. The summed E-state index contributed by atoms with van der Waals surface area (Å²) < 4.78 is 175. The zero-order valence-electron chi connectivity index (χ0n) is 85.8. The highest BCUT2D eigenvalue weighted by Gasteiger charge is 2.88. The average Bonchev–Trinajstić information content (AvgIpc) is 1.50. The summed E-state index contributed by atoms with van der Waals surface area (Å²) in [6.45, 7) is 23.5. The number of carbonyl (C=O) groups excluding carboxylic acids is 5. The molecule has 12 aliphatic carbocycles. The Kier molecular flexibility index (Phi) is 27.1. The van der Waals surface area contributed by atoms with E-state index < -0.39 is 244 Å². The Balaban J connectivity index is 0.000000139. The second-order valence-corrected chi connectivity index (χ2v) is 46.0. The molecule has 12 fully saturated rings. The molecule has 3 saturated heterocycles. The highest BCUT2D eigenvalue weighted by molar-refractivity contribution is 6.02. The van der Waals surface area contributed by atoms with Gasteiger partial charge in [0.1, 0.15) is 73.1 Å². The minimum atomic E-state index is -2.71. The number of carbonyl (C=O) groups is 5. The number of rotatable bonds is 23. The molecular formula is C118H135F7N2O20. The third kappa shape index (κ3) is 15.7. The van der Waals surface area contributed by atoms with Gasteiger partial charge in [0.25, 0.3) is 0 Å². The van der Waals surface area contributed by atoms with E-state index in [1.54, 1.807) is 89.6 Å². The lowest BCUT2D eigenvalue weighted by Crippen LogP contribution is -2.75. The molecule has 15 aliphatic rings. The van der Waals surface area contributed by atoms with Gasteiger partial charge in [0.15, 0.2) is 81.6 Å². The maximum atomic E-state index is 18.1. The predicted octanol–water partition coefficient (Wildman–Crippen LogP) is 18.9. The van der Waals surface area contributed by atoms with Crippen LogP contribution in [0.5, 0.6) is 23.0 Å². The molecule has 29 heteroatoms. The van der Waals surface area contributed by atoms with Crippen molar-refractivity contribution in [1.29, 1.82) is 0 Å². The van der Waals surface area contributed by atoms with E-state index >= 15 is 30.7 Å². The van der Waals surface area contributed by atoms with E-state index in [1.165, 1.54) is 37.6 Å². The molecule has 3 heterocycles. The van der Waals surface area contributed by atoms with E-state index in [1.807, 2.05) is 92.8 Å². The number of nitrogens with one attached hydrogen (secondary N) is 1. The van der Waals surface area contributed by atoms with Crippen molar-refractivity contribution in [3.63, 3.8) is 0 Å². The summed E-state index contributed by atoms with van der Waals surface area (Å²) in [6.07, 6.45) is -3.47. The van der Waals surface area contributed by atoms with Crippen LogP contribution in [0, 0.1) is 68.0 Å². The standard InChI is InChI=1S/C40H46F3NO7.C39H45F2NO7.C39H44F2O6/c1-22(2)44(5)29-12-9-24(16-30(29)49-6)15-23-7-10-25(11-8-23)35-50-34-20-38(42)31-18-28(41)27-17-26(46)13-14-36(27,3)39(31,43)32(47)19-37(38,4)40(34,51-35)33(48)21-45;1-21(2)42-30-11-8-23(15-31(30)47-5)14-22-6-9-24(10-7-22)35-48-34-18-26-27-17-29(40)28-16-25(44)12-13-36(28,3)38(27,41)32(45)19-37(26,4)39(34,49-35)33(46)20-43;1-22(2)16-24-6-10-26(11-7-24)45-27-12-8-25(9-13-27)35-46-34-19-28-29-18-31(40)30-17-23(3)14-15-36(30,4)38(29,41)32(43)20-37(28,5)39(34,47-35)33(44)21-42/h7-14,16-17,22,28,31-32,34-35,45,47H,15,18-21H2,1-6H3;6-13,15-16,21,26-27,29,32,34-35,42-43,45H,14,17-20H2,1-5H3;6-15,17,22,28-29,31-32,34-35,42-43H,3,16,18-21H2,1-2,4-5H3/t28-,31-,32-,34+,35+,36-,37-,38+,39-,40+;26-,27-,29-,32-,34+,35+,36-,37-,38-,39+;28-,29-,31-,32-,34+,35+,36-,37-,38-,39+/m000/s1. The van der Waals surface area contributed by atoms with Crippen LogP contribution >= 0.6 is 0 Å². The number of halogens is 7. The Hall–Kier alpha value is -10.1. The minimum Gasteiger partial charge on any atom is -0.495 e. The van der Waals surface area contributed by atoms with Crippen LogP contribution in [0.2, 0.25) is 0 Å². The summed E-state index contributed by atoms with van der Waals surface area (Å²) >= 11 is 0. The first kappa shape index (κ1) is 105. The molecule has 3 aliphatic heterocycles. The van der Waals surface area contributed by atoms with Crippen LogP contribution in [0.1, 0.15) is 204 Å². The maximum Gasteiger partial charge on any atom is 0.193 e. The van der Waals surface area contributed by atoms with Crippen molar-refractivity contribution in [3.8, 4) is 23.0 Å². The molecule has 0 aromatic heterocycles. The lowest BCUT2D eigenvalue weighted by atomic mass is 9.43. The molecule has 147 heavy (non-hydrogen) atoms. The number of aliphatic hydroxyl groups excluding tert-OH is 6. The minimum absolute atomic E-state index is 0.0380. The van der Waals surface area contributed by atoms with E-state index in [2.05, 4.69) is 76.5 Å². The van der Waals surface area contributed by atoms with Gasteiger partial charge in [0.05, 0.1) is 56.1 Å². The number of Topliss-reactive ketones (excluding diaryl/α,β-unsaturated/α-hetero) is 3. The third-order valence-electron chi connectivity index (χ3n) is 37.3. The van der Waals surface area contributed by atoms with Crippen LogP contribution in [0.15, 0.2) is 217 Å². The number of hydrogen-bond donors (Lipinski definition) is 7. The van der Waals surface area contributed by atoms with Crippen molar-refractivity contribution in [3.05, 3.63) is 262 Å². The molecule has 0 unspecified atom stereocenters. The van der Waals surface area contributed by atoms with E-state index in [4.69, 9.17) is 42.6 Å². The molecule has 786 valence electrons. The van der Waals surface area contributed by atoms with Gasteiger partial charge in [-0.25, -0.2) is 30.7 Å². The molecule has 0 amide bonds. The normalized spacial score (nSPS) is 39.7. The number of ketones is 5. The number of allylic oxidation sites excluding steroid dienone is 13. The number of benzene rings is 6. The zero-order chi connectivity index (χ0) is 106. The number of anilines is 2. The van der Waals surface area contributed by atoms with Gasteiger partial charge in [0.2, 0.25) is 0 Å². The lowest BCUT2D eigenvalue weighted by molar-refractivity contribution is -0.270. The second-order valence-electron chi connectivity index (χ2n) is 46.0. The summed E-state index contributed by atoms with van der Waals surface area (Å²) in [5.41, 5.74) is -14.2. The molecule has 6 aromatic rings. The van der Waals surface area contributed by atoms with Gasteiger partial charge in [-0.1, -0.05) is 157 Å². The smallest absolute Gasteiger partial charge is 0.193 e. The third-order valence-corrected chi connectivity index (χ3v) is 37.3. The molecule has 0 spiro atoms. The SMILES string of the molecule is C=C1C=C[C@@]2(C)C(=C1)[C@@H](F)C[C@H]1[C@@H]3C[C@H]4O[C@@H](c5ccc(Oc6ccc(CC(C)C)cc6)cc5)O[C@@]4(C(=O)CO)[C@@]3(C)C[C@H](O)[C@@]12F.COc1cc(Cc2ccc([C@@H]3O[C@@H]4C[C@@]5(F)[C@@H]6C[C@H](F)C7=CC(=O)C=C[C@]7(C)[C@@]6(F)[C@@H](O)C[C@]5(C)[C@]4(C(=O)CO)O3)cc2)ccc1N(C)C(C)C.COc1cc(Cc2ccc([C@@H]3O[C@@H]4C[C@H]5[C@@H]6C[C@H](F)C7=CC(=O)C=C[C@]7(C)[C@@]6(F)[C@@H](O)C[C@]5(C)[C@]4(C(=O)CO)O3)cc2)ccc1NC(C)C. The number of methoxy groups -OCH3 is 2. The predicted molar refractivity (Wildman–Crippen MR) is 535 cm³/mol. The first-order valence-corrected chi connectivity index (χ1v) is 51.5. The van der Waals surface area contributed by atoms with E-state index in [0.29, 0.717) is 58.6 Å². The fourth-order valence-electron chi connectivity index (χ4n) is 29.9. The van der Waals surface area contributed by atoms with E-state index in [9.17, 15) is 54.6 Å². The molecule has 22 nitrogen and oxygen atoms in total. The Labute approximate surface area is 853 Å². The van der Waals surface area contributed by atoms with Crippen molar-refractivity contribution in [2.24, 2.45) is 68.0 Å². The number of ether oxygens (including phenoxy) is 9. The molecular weight excluding hydrogens is 1900 g/mol.